The number of carbonyl (C=O) groups is 2. The molecule has 1 radical (unpaired) electrons. The molecule has 0 N–H and O–H groups in total. The third-order valence-corrected chi connectivity index (χ3v) is 15.7. The molecule has 0 aliphatic heterocycles. The summed E-state index contributed by atoms with van der Waals surface area (Å²) in [5, 5.41) is 4.90. The number of fused-ring (bicyclic) bond motifs is 8. The van der Waals surface area contributed by atoms with E-state index in [4.69, 9.17) is 0 Å². The van der Waals surface area contributed by atoms with Gasteiger partial charge in [-0.25, -0.2) is 0 Å². The molecule has 0 fully saturated rings. The van der Waals surface area contributed by atoms with Crippen molar-refractivity contribution in [3.63, 3.8) is 0 Å². The SMILES string of the molecule is O=C1c2ccccc2C(Br)C(Br)c2cccnc21.O=C1c2ccccc2CCc2cccnc21.O=c1c2ccccc2c(Br)cc2cccnc12.O=c1c2ccccc2cc(Br)c2cccnc12.[B]=NS. The minimum atomic E-state index is -0.0260. The average molecular weight is 1210 g/mol. The molecule has 6 aromatic carbocycles. The second-order valence-electron chi connectivity index (χ2n) is 15.9. The van der Waals surface area contributed by atoms with Crippen LogP contribution in [-0.2, 0) is 12.8 Å². The van der Waals surface area contributed by atoms with Crippen molar-refractivity contribution in [1.29, 1.82) is 0 Å². The van der Waals surface area contributed by atoms with Gasteiger partial charge < -0.3 is 0 Å². The number of ketones is 2. The van der Waals surface area contributed by atoms with Gasteiger partial charge in [-0.3, -0.25) is 39.1 Å². The molecule has 0 amide bonds. The summed E-state index contributed by atoms with van der Waals surface area (Å²) >= 11 is 17.5. The van der Waals surface area contributed by atoms with Gasteiger partial charge in [0, 0.05) is 66.4 Å². The number of hydrogen-bond donors (Lipinski definition) is 1. The standard InChI is InChI=1S/C14H9Br2NO.2C14H8BrNO.C14H11NO.BHNS/c15-11-8-4-1-2-5-9(8)14(18)13-10(12(11)16)6-3-7-17-13;15-12-8-9-4-3-7-16-13(9)14(17)11-6-2-1-5-10(11)12;15-12-8-9-4-1-2-5-10(9)14(17)13-11(12)6-3-7-16-13;16-14-12-6-2-1-4-10(12)7-8-11-5-3-9-15-13(11)14;1-2-3/h1-7,11-12H;2*1-8H;1-6,9H,7-8H2;3H. The predicted octanol–water partition coefficient (Wildman–Crippen LogP) is 13.8. The summed E-state index contributed by atoms with van der Waals surface area (Å²) in [6, 6.07) is 49.6. The van der Waals surface area contributed by atoms with E-state index in [1.54, 1.807) is 24.8 Å². The quantitative estimate of drug-likeness (QED) is 0.0902. The van der Waals surface area contributed by atoms with E-state index in [-0.39, 0.29) is 32.1 Å². The number of pyridine rings is 4. The number of halogens is 4. The second kappa shape index (κ2) is 23.8. The Bertz CT molecular complexity index is 3560. The Balaban J connectivity index is 0.000000125. The maximum absolute atomic E-state index is 12.5. The Morgan fingerprint density at radius 2 is 0.915 bits per heavy atom. The number of nitrogens with zero attached hydrogens (tertiary/aromatic N) is 5. The van der Waals surface area contributed by atoms with Crippen LogP contribution < -0.4 is 10.9 Å². The van der Waals surface area contributed by atoms with Gasteiger partial charge in [0.05, 0.1) is 9.65 Å². The Kier molecular flexibility index (Phi) is 17.1. The number of benzene rings is 4. The van der Waals surface area contributed by atoms with Gasteiger partial charge in [0.25, 0.3) is 0 Å². The van der Waals surface area contributed by atoms with E-state index in [9.17, 15) is 19.2 Å². The number of hydrogen-bond acceptors (Lipinski definition) is 10. The molecular formula is C56H37BBr4N5O4S. The minimum absolute atomic E-state index is 0.00685. The molecule has 2 atom stereocenters. The molecule has 15 heteroatoms. The van der Waals surface area contributed by atoms with E-state index in [1.807, 2.05) is 158 Å². The fourth-order valence-corrected chi connectivity index (χ4v) is 10.8. The first-order valence-corrected chi connectivity index (χ1v) is 25.7. The van der Waals surface area contributed by atoms with E-state index in [0.717, 1.165) is 76.7 Å². The van der Waals surface area contributed by atoms with Gasteiger partial charge >= 0.3 is 24.8 Å². The molecule has 4 heterocycles. The summed E-state index contributed by atoms with van der Waals surface area (Å²) in [6.07, 6.45) is 8.45. The first-order chi connectivity index (χ1) is 34.5. The molecule has 12 rings (SSSR count). The topological polar surface area (TPSA) is 132 Å². The van der Waals surface area contributed by atoms with Crippen molar-refractivity contribution in [3.8, 4) is 0 Å². The Hall–Kier alpha value is -6.23. The van der Waals surface area contributed by atoms with Crippen LogP contribution in [0.15, 0.2) is 205 Å². The fraction of sp³-hybridized carbons (Fsp3) is 0.0714. The molecule has 0 saturated carbocycles. The van der Waals surface area contributed by atoms with Crippen LogP contribution in [0.25, 0.3) is 43.4 Å². The second-order valence-corrected chi connectivity index (χ2v) is 19.8. The number of thiol groups is 1. The van der Waals surface area contributed by atoms with Crippen LogP contribution in [0.4, 0.5) is 0 Å². The van der Waals surface area contributed by atoms with Crippen molar-refractivity contribution in [1.82, 2.24) is 19.9 Å². The van der Waals surface area contributed by atoms with Gasteiger partial charge in [0.15, 0.2) is 0 Å². The van der Waals surface area contributed by atoms with E-state index < -0.39 is 0 Å². The van der Waals surface area contributed by atoms with Gasteiger partial charge in [-0.2, -0.15) is 0 Å². The Morgan fingerprint density at radius 3 is 1.69 bits per heavy atom. The molecule has 2 aliphatic rings. The summed E-state index contributed by atoms with van der Waals surface area (Å²) < 4.78 is 4.49. The molecule has 2 unspecified atom stereocenters. The Morgan fingerprint density at radius 1 is 0.465 bits per heavy atom. The van der Waals surface area contributed by atoms with Crippen LogP contribution in [0.5, 0.6) is 0 Å². The van der Waals surface area contributed by atoms with E-state index >= 15 is 0 Å². The molecule has 0 saturated heterocycles. The van der Waals surface area contributed by atoms with Crippen LogP contribution in [0, 0.1) is 0 Å². The summed E-state index contributed by atoms with van der Waals surface area (Å²) in [5.74, 6) is 0.0521. The normalized spacial score (nSPS) is 14.1. The van der Waals surface area contributed by atoms with Gasteiger partial charge in [-0.1, -0.05) is 179 Å². The predicted molar refractivity (Wildman–Crippen MR) is 303 cm³/mol. The summed E-state index contributed by atoms with van der Waals surface area (Å²) in [5.41, 5.74) is 7.76. The van der Waals surface area contributed by atoms with Crippen molar-refractivity contribution in [2.75, 3.05) is 0 Å². The molecular weight excluding hydrogens is 1170 g/mol. The molecule has 10 aromatic rings. The first-order valence-electron chi connectivity index (χ1n) is 21.9. The van der Waals surface area contributed by atoms with E-state index in [2.05, 4.69) is 108 Å². The van der Waals surface area contributed by atoms with Gasteiger partial charge in [0.1, 0.15) is 22.4 Å². The molecule has 9 nitrogen and oxygen atoms in total. The van der Waals surface area contributed by atoms with Gasteiger partial charge in [-0.05, 0) is 88.3 Å². The van der Waals surface area contributed by atoms with Crippen molar-refractivity contribution in [3.05, 3.63) is 257 Å². The molecule has 0 bridgehead atoms. The third-order valence-electron chi connectivity index (χ3n) is 11.7. The van der Waals surface area contributed by atoms with Crippen molar-refractivity contribution >= 4 is 139 Å². The van der Waals surface area contributed by atoms with Crippen LogP contribution in [0.3, 0.4) is 0 Å². The Labute approximate surface area is 448 Å². The summed E-state index contributed by atoms with van der Waals surface area (Å²) in [4.78, 5) is 66.4. The van der Waals surface area contributed by atoms with E-state index in [0.29, 0.717) is 33.2 Å². The number of carbonyl (C=O) groups excluding carboxylic acids is 2. The number of aryl methyl sites for hydroxylation is 2. The monoisotopic (exact) mass is 1200 g/mol. The molecule has 347 valence electrons. The molecule has 0 spiro atoms. The first kappa shape index (κ1) is 51.1. The van der Waals surface area contributed by atoms with Crippen LogP contribution in [0.2, 0.25) is 0 Å². The number of alkyl halides is 2. The van der Waals surface area contributed by atoms with Crippen LogP contribution >= 0.6 is 76.5 Å². The third kappa shape index (κ3) is 11.3. The summed E-state index contributed by atoms with van der Waals surface area (Å²) in [6.45, 7) is 0. The molecule has 2 aliphatic carbocycles. The van der Waals surface area contributed by atoms with Crippen LogP contribution in [-0.4, -0.2) is 39.1 Å². The zero-order valence-corrected chi connectivity index (χ0v) is 44.5. The number of rotatable bonds is 0. The fourth-order valence-electron chi connectivity index (χ4n) is 8.32. The molecule has 4 aromatic heterocycles. The van der Waals surface area contributed by atoms with Crippen molar-refractivity contribution in [2.24, 2.45) is 4.30 Å². The zero-order valence-electron chi connectivity index (χ0n) is 37.3. The zero-order chi connectivity index (χ0) is 50.0. The maximum atomic E-state index is 12.5. The molecule has 71 heavy (non-hydrogen) atoms. The average Bonchev–Trinajstić information content (AvgIpc) is 3.72. The number of aromatic nitrogens is 4. The van der Waals surface area contributed by atoms with Crippen molar-refractivity contribution in [2.45, 2.75) is 22.5 Å². The van der Waals surface area contributed by atoms with Gasteiger partial charge in [-0.15, -0.1) is 0 Å². The summed E-state index contributed by atoms with van der Waals surface area (Å²) in [7, 11) is 4.34. The van der Waals surface area contributed by atoms with Crippen LogP contribution in [0.1, 0.15) is 64.0 Å². The van der Waals surface area contributed by atoms with Crippen molar-refractivity contribution < 1.29 is 9.59 Å². The van der Waals surface area contributed by atoms with E-state index in [1.165, 1.54) is 0 Å². The van der Waals surface area contributed by atoms with Gasteiger partial charge in [0.2, 0.25) is 22.4 Å².